The van der Waals surface area contributed by atoms with Gasteiger partial charge >= 0.3 is 5.57 Å². The number of nitrogens with zero attached hydrogens (tertiary/aromatic N) is 4. The minimum atomic E-state index is -3.81. The third kappa shape index (κ3) is 4.43. The topological polar surface area (TPSA) is 81.9 Å². The summed E-state index contributed by atoms with van der Waals surface area (Å²) >= 11 is 4.79. The second-order valence-corrected chi connectivity index (χ2v) is 8.64. The standard InChI is InChI=1S/C24H20ClF2N5O2/c1-32-21-19(16-11-28-13-29-12-16)9-15(10-20(21)31-22(32)14-3-2-4-14)23(33)30-17-5-7-18(8-6-17)34-24(25,26)27/h5-14H,2-4H2,1H3,(H,30,33). The third-order valence-electron chi connectivity index (χ3n) is 5.95. The van der Waals surface area contributed by atoms with E-state index in [1.807, 2.05) is 7.05 Å². The number of halogens is 3. The summed E-state index contributed by atoms with van der Waals surface area (Å²) in [5.74, 6) is 0.925. The minimum Gasteiger partial charge on any atom is -0.420 e. The highest BCUT2D eigenvalue weighted by molar-refractivity contribution is 6.20. The van der Waals surface area contributed by atoms with Gasteiger partial charge in [0.25, 0.3) is 5.91 Å². The number of carbonyl (C=O) groups is 1. The van der Waals surface area contributed by atoms with E-state index in [2.05, 4.69) is 24.6 Å². The van der Waals surface area contributed by atoms with Gasteiger partial charge in [-0.3, -0.25) is 4.79 Å². The lowest BCUT2D eigenvalue weighted by Crippen LogP contribution is -2.16. The van der Waals surface area contributed by atoms with Crippen LogP contribution in [0.1, 0.15) is 41.4 Å². The predicted molar refractivity (Wildman–Crippen MR) is 124 cm³/mol. The molecule has 10 heteroatoms. The summed E-state index contributed by atoms with van der Waals surface area (Å²) in [5, 5.41) is 2.78. The zero-order chi connectivity index (χ0) is 23.9. The van der Waals surface area contributed by atoms with E-state index in [9.17, 15) is 13.6 Å². The molecule has 7 nitrogen and oxygen atoms in total. The number of imidazole rings is 1. The maximum atomic E-state index is 13.1. The van der Waals surface area contributed by atoms with Crippen molar-refractivity contribution in [3.63, 3.8) is 0 Å². The van der Waals surface area contributed by atoms with Gasteiger partial charge in [-0.15, -0.1) is 8.78 Å². The van der Waals surface area contributed by atoms with Gasteiger partial charge in [0.15, 0.2) is 0 Å². The van der Waals surface area contributed by atoms with E-state index in [0.29, 0.717) is 22.7 Å². The molecule has 0 bridgehead atoms. The van der Waals surface area contributed by atoms with E-state index in [-0.39, 0.29) is 11.7 Å². The van der Waals surface area contributed by atoms with E-state index in [0.717, 1.165) is 35.3 Å². The molecule has 0 radical (unpaired) electrons. The molecule has 0 unspecified atom stereocenters. The van der Waals surface area contributed by atoms with Crippen molar-refractivity contribution in [2.24, 2.45) is 7.05 Å². The quantitative estimate of drug-likeness (QED) is 0.355. The molecule has 0 atom stereocenters. The highest BCUT2D eigenvalue weighted by atomic mass is 35.5. The van der Waals surface area contributed by atoms with Crippen molar-refractivity contribution < 1.29 is 18.3 Å². The normalized spacial score (nSPS) is 14.1. The van der Waals surface area contributed by atoms with Crippen LogP contribution in [0.25, 0.3) is 22.2 Å². The Morgan fingerprint density at radius 2 is 1.88 bits per heavy atom. The van der Waals surface area contributed by atoms with Gasteiger partial charge in [-0.1, -0.05) is 6.42 Å². The van der Waals surface area contributed by atoms with Crippen LogP contribution >= 0.6 is 11.6 Å². The Morgan fingerprint density at radius 3 is 2.50 bits per heavy atom. The molecule has 5 rings (SSSR count). The molecule has 1 N–H and O–H groups in total. The van der Waals surface area contributed by atoms with Gasteiger partial charge in [-0.25, -0.2) is 15.0 Å². The van der Waals surface area contributed by atoms with Gasteiger partial charge in [0, 0.05) is 59.3 Å². The number of rotatable bonds is 6. The van der Waals surface area contributed by atoms with Crippen molar-refractivity contribution >= 4 is 34.2 Å². The third-order valence-corrected chi connectivity index (χ3v) is 6.03. The molecule has 0 aliphatic heterocycles. The Balaban J connectivity index is 1.50. The van der Waals surface area contributed by atoms with Crippen molar-refractivity contribution in [3.8, 4) is 16.9 Å². The van der Waals surface area contributed by atoms with Crippen LogP contribution in [0.5, 0.6) is 5.75 Å². The van der Waals surface area contributed by atoms with Crippen molar-refractivity contribution in [2.75, 3.05) is 5.32 Å². The summed E-state index contributed by atoms with van der Waals surface area (Å²) in [4.78, 5) is 26.2. The largest absolute Gasteiger partial charge is 0.487 e. The summed E-state index contributed by atoms with van der Waals surface area (Å²) in [6.45, 7) is 0. The SMILES string of the molecule is Cn1c(C2CCC2)nc2cc(C(=O)Nc3ccc(OC(F)(F)Cl)cc3)cc(-c3cncnc3)c21. The number of alkyl halides is 3. The molecule has 2 heterocycles. The van der Waals surface area contributed by atoms with Crippen LogP contribution in [0.2, 0.25) is 0 Å². The average molecular weight is 484 g/mol. The Kier molecular flexibility index (Phi) is 5.65. The highest BCUT2D eigenvalue weighted by Crippen LogP contribution is 2.39. The average Bonchev–Trinajstić information content (AvgIpc) is 3.09. The fraction of sp³-hybridized carbons (Fsp3) is 0.250. The summed E-state index contributed by atoms with van der Waals surface area (Å²) in [7, 11) is 1.99. The summed E-state index contributed by atoms with van der Waals surface area (Å²) in [6.07, 6.45) is 8.24. The maximum Gasteiger partial charge on any atom is 0.487 e. The Morgan fingerprint density at radius 1 is 1.18 bits per heavy atom. The lowest BCUT2D eigenvalue weighted by molar-refractivity contribution is -0.0964. The molecule has 1 amide bonds. The van der Waals surface area contributed by atoms with Crippen LogP contribution in [0, 0.1) is 0 Å². The number of aryl methyl sites for hydroxylation is 1. The van der Waals surface area contributed by atoms with Crippen molar-refractivity contribution in [3.05, 3.63) is 66.5 Å². The highest BCUT2D eigenvalue weighted by Gasteiger charge is 2.28. The minimum absolute atomic E-state index is 0.122. The molecule has 34 heavy (non-hydrogen) atoms. The van der Waals surface area contributed by atoms with Crippen LogP contribution in [-0.4, -0.2) is 31.0 Å². The van der Waals surface area contributed by atoms with E-state index < -0.39 is 5.57 Å². The number of ether oxygens (including phenoxy) is 1. The van der Waals surface area contributed by atoms with E-state index in [1.54, 1.807) is 24.5 Å². The molecular formula is C24H20ClF2N5O2. The predicted octanol–water partition coefficient (Wildman–Crippen LogP) is 5.72. The fourth-order valence-corrected chi connectivity index (χ4v) is 4.22. The first-order chi connectivity index (χ1) is 16.3. The Bertz CT molecular complexity index is 1350. The number of anilines is 1. The van der Waals surface area contributed by atoms with Crippen LogP contribution in [0.3, 0.4) is 0 Å². The molecule has 4 aromatic rings. The van der Waals surface area contributed by atoms with Gasteiger partial charge in [-0.2, -0.15) is 0 Å². The number of aromatic nitrogens is 4. The van der Waals surface area contributed by atoms with Crippen LogP contribution < -0.4 is 10.1 Å². The lowest BCUT2D eigenvalue weighted by atomic mass is 9.85. The number of fused-ring (bicyclic) bond motifs is 1. The van der Waals surface area contributed by atoms with Crippen LogP contribution in [-0.2, 0) is 7.05 Å². The molecule has 0 spiro atoms. The van der Waals surface area contributed by atoms with Crippen molar-refractivity contribution in [1.82, 2.24) is 19.5 Å². The monoisotopic (exact) mass is 483 g/mol. The van der Waals surface area contributed by atoms with E-state index >= 15 is 0 Å². The number of amides is 1. The van der Waals surface area contributed by atoms with Crippen LogP contribution in [0.15, 0.2) is 55.1 Å². The molecular weight excluding hydrogens is 464 g/mol. The molecule has 0 saturated heterocycles. The number of benzene rings is 2. The number of nitrogens with one attached hydrogen (secondary N) is 1. The molecule has 1 saturated carbocycles. The molecule has 174 valence electrons. The Labute approximate surface area is 198 Å². The first-order valence-corrected chi connectivity index (χ1v) is 11.1. The molecule has 1 aliphatic rings. The number of hydrogen-bond acceptors (Lipinski definition) is 5. The molecule has 2 aromatic carbocycles. The molecule has 1 fully saturated rings. The van der Waals surface area contributed by atoms with Gasteiger partial charge in [0.1, 0.15) is 17.9 Å². The summed E-state index contributed by atoms with van der Waals surface area (Å²) < 4.78 is 32.0. The second kappa shape index (κ2) is 8.64. The van der Waals surface area contributed by atoms with E-state index in [4.69, 9.17) is 16.6 Å². The summed E-state index contributed by atoms with van der Waals surface area (Å²) in [6, 6.07) is 9.04. The summed E-state index contributed by atoms with van der Waals surface area (Å²) in [5.41, 5.74) is 0.207. The smallest absolute Gasteiger partial charge is 0.420 e. The van der Waals surface area contributed by atoms with Crippen molar-refractivity contribution in [1.29, 1.82) is 0 Å². The Hall–Kier alpha value is -3.59. The van der Waals surface area contributed by atoms with Gasteiger partial charge in [0.2, 0.25) is 0 Å². The van der Waals surface area contributed by atoms with Gasteiger partial charge in [-0.05, 0) is 49.2 Å². The van der Waals surface area contributed by atoms with Gasteiger partial charge in [0.05, 0.1) is 11.0 Å². The zero-order valence-electron chi connectivity index (χ0n) is 18.1. The van der Waals surface area contributed by atoms with Crippen LogP contribution in [0.4, 0.5) is 14.5 Å². The van der Waals surface area contributed by atoms with E-state index in [1.165, 1.54) is 37.0 Å². The second-order valence-electron chi connectivity index (χ2n) is 8.20. The number of carbonyl (C=O) groups excluding carboxylic acids is 1. The number of hydrogen-bond donors (Lipinski definition) is 1. The fourth-order valence-electron chi connectivity index (χ4n) is 4.13. The first-order valence-electron chi connectivity index (χ1n) is 10.7. The lowest BCUT2D eigenvalue weighted by Gasteiger charge is -2.24. The zero-order valence-corrected chi connectivity index (χ0v) is 18.9. The molecule has 1 aliphatic carbocycles. The first kappa shape index (κ1) is 22.2. The van der Waals surface area contributed by atoms with Gasteiger partial charge < -0.3 is 14.6 Å². The molecule has 2 aromatic heterocycles. The maximum absolute atomic E-state index is 13.1. The van der Waals surface area contributed by atoms with Crippen molar-refractivity contribution in [2.45, 2.75) is 30.7 Å².